The number of esters is 3. The van der Waals surface area contributed by atoms with Crippen molar-refractivity contribution in [2.24, 2.45) is 0 Å². The fourth-order valence-electron chi connectivity index (χ4n) is 9.55. The molecule has 0 saturated heterocycles. The molecule has 0 bridgehead atoms. The molecule has 0 fully saturated rings. The molecule has 0 spiro atoms. The van der Waals surface area contributed by atoms with Gasteiger partial charge < -0.3 is 14.2 Å². The second kappa shape index (κ2) is 69.3. The summed E-state index contributed by atoms with van der Waals surface area (Å²) in [5.74, 6) is -0.922. The third-order valence-corrected chi connectivity index (χ3v) is 14.7. The molecule has 0 aliphatic carbocycles. The maximum atomic E-state index is 12.9. The number of hydrogen-bond acceptors (Lipinski definition) is 6. The SMILES string of the molecule is CC/C=C\C/C=C\C/C=C\C/C=C\C/C=C\C/C=C\C/C=C\C/C=C\C/C=C\CCCCCC(=O)OCC(COC(=O)CCCCCCC/C=C\CCCCCCCC)OC(=O)CCCCCCCCCCCCCCCCCCCC. The lowest BCUT2D eigenvalue weighted by atomic mass is 10.0. The predicted molar refractivity (Wildman–Crippen MR) is 357 cm³/mol. The normalized spacial score (nSPS) is 12.9. The minimum atomic E-state index is -0.798. The van der Waals surface area contributed by atoms with Crippen molar-refractivity contribution in [3.63, 3.8) is 0 Å². The Bertz CT molecular complexity index is 1690. The molecule has 82 heavy (non-hydrogen) atoms. The fraction of sp³-hybridized carbons (Fsp3) is 0.697. The second-order valence-electron chi connectivity index (χ2n) is 22.7. The van der Waals surface area contributed by atoms with E-state index in [9.17, 15) is 14.4 Å². The van der Waals surface area contributed by atoms with E-state index in [1.165, 1.54) is 154 Å². The molecule has 0 aliphatic heterocycles. The van der Waals surface area contributed by atoms with E-state index >= 15 is 0 Å². The van der Waals surface area contributed by atoms with Crippen LogP contribution in [0.3, 0.4) is 0 Å². The number of hydrogen-bond donors (Lipinski definition) is 0. The average Bonchev–Trinajstić information content (AvgIpc) is 3.47. The minimum absolute atomic E-state index is 0.0919. The lowest BCUT2D eigenvalue weighted by Crippen LogP contribution is -2.30. The predicted octanol–water partition coefficient (Wildman–Crippen LogP) is 23.9. The lowest BCUT2D eigenvalue weighted by Gasteiger charge is -2.18. The van der Waals surface area contributed by atoms with E-state index in [0.29, 0.717) is 19.3 Å². The van der Waals surface area contributed by atoms with Crippen LogP contribution in [0.2, 0.25) is 0 Å². The van der Waals surface area contributed by atoms with Crippen molar-refractivity contribution in [3.8, 4) is 0 Å². The summed E-state index contributed by atoms with van der Waals surface area (Å²) < 4.78 is 16.9. The molecule has 6 nitrogen and oxygen atoms in total. The van der Waals surface area contributed by atoms with Crippen LogP contribution in [0.5, 0.6) is 0 Å². The summed E-state index contributed by atoms with van der Waals surface area (Å²) in [4.78, 5) is 38.4. The topological polar surface area (TPSA) is 78.9 Å². The van der Waals surface area contributed by atoms with Crippen LogP contribution in [-0.2, 0) is 28.6 Å². The van der Waals surface area contributed by atoms with Crippen LogP contribution in [0, 0.1) is 0 Å². The Morgan fingerprint density at radius 2 is 0.476 bits per heavy atom. The smallest absolute Gasteiger partial charge is 0.306 e. The monoisotopic (exact) mass is 1140 g/mol. The molecule has 6 heteroatoms. The second-order valence-corrected chi connectivity index (χ2v) is 22.7. The van der Waals surface area contributed by atoms with Crippen LogP contribution < -0.4 is 0 Å². The molecular weight excluding hydrogens is 1010 g/mol. The van der Waals surface area contributed by atoms with Gasteiger partial charge in [-0.05, 0) is 116 Å². The Kier molecular flexibility index (Phi) is 65.8. The van der Waals surface area contributed by atoms with E-state index in [4.69, 9.17) is 14.2 Å². The van der Waals surface area contributed by atoms with Gasteiger partial charge in [0.05, 0.1) is 0 Å². The summed E-state index contributed by atoms with van der Waals surface area (Å²) in [5, 5.41) is 0. The highest BCUT2D eigenvalue weighted by molar-refractivity contribution is 5.71. The molecular formula is C76H128O6. The summed E-state index contributed by atoms with van der Waals surface area (Å²) in [7, 11) is 0. The standard InChI is InChI=1S/C76H128O6/c1-4-7-10-13-16-19-22-25-28-30-32-33-34-35-36-37-38-39-40-41-42-43-44-46-48-51-54-57-60-63-66-69-75(78)81-72-73(71-80-74(77)68-65-62-59-56-53-50-47-27-24-21-18-15-12-9-6-3)82-76(79)70-67-64-61-58-55-52-49-45-31-29-26-23-20-17-14-11-8-5-2/h7,10,16,19,25,27-28,32-33,35-36,38-39,41-42,44,46-47,51,54,73H,4-6,8-9,11-15,17-18,20-24,26,29-31,34,37,40,43,45,48-50,52-53,55-72H2,1-3H3/b10-7-,19-16-,28-25-,33-32-,36-35-,39-38-,42-41-,46-44-,47-27-,54-51-. The average molecular weight is 1140 g/mol. The molecule has 0 heterocycles. The molecule has 0 aliphatic rings. The first-order valence-corrected chi connectivity index (χ1v) is 34.5. The van der Waals surface area contributed by atoms with Crippen LogP contribution in [0.25, 0.3) is 0 Å². The van der Waals surface area contributed by atoms with Gasteiger partial charge in [0.2, 0.25) is 0 Å². The van der Waals surface area contributed by atoms with Crippen molar-refractivity contribution in [2.75, 3.05) is 13.2 Å². The quantitative estimate of drug-likeness (QED) is 0.0261. The third-order valence-electron chi connectivity index (χ3n) is 14.7. The Morgan fingerprint density at radius 3 is 0.768 bits per heavy atom. The van der Waals surface area contributed by atoms with Gasteiger partial charge >= 0.3 is 17.9 Å². The number of carbonyl (C=O) groups is 3. The van der Waals surface area contributed by atoms with Crippen molar-refractivity contribution in [1.29, 1.82) is 0 Å². The van der Waals surface area contributed by atoms with Gasteiger partial charge in [0.25, 0.3) is 0 Å². The van der Waals surface area contributed by atoms with Gasteiger partial charge in [-0.3, -0.25) is 14.4 Å². The van der Waals surface area contributed by atoms with E-state index in [2.05, 4.69) is 142 Å². The maximum Gasteiger partial charge on any atom is 0.306 e. The van der Waals surface area contributed by atoms with Crippen molar-refractivity contribution in [1.82, 2.24) is 0 Å². The van der Waals surface area contributed by atoms with Crippen LogP contribution in [0.1, 0.15) is 323 Å². The highest BCUT2D eigenvalue weighted by Gasteiger charge is 2.19. The Balaban J connectivity index is 4.40. The first-order valence-electron chi connectivity index (χ1n) is 34.5. The molecule has 0 saturated carbocycles. The van der Waals surface area contributed by atoms with Crippen molar-refractivity contribution >= 4 is 17.9 Å². The molecule has 0 aromatic rings. The van der Waals surface area contributed by atoms with Crippen molar-refractivity contribution < 1.29 is 28.6 Å². The summed E-state index contributed by atoms with van der Waals surface area (Å²) in [6.45, 7) is 6.52. The van der Waals surface area contributed by atoms with Crippen LogP contribution in [-0.4, -0.2) is 37.2 Å². The van der Waals surface area contributed by atoms with E-state index in [0.717, 1.165) is 128 Å². The van der Waals surface area contributed by atoms with E-state index in [-0.39, 0.29) is 31.1 Å². The van der Waals surface area contributed by atoms with Gasteiger partial charge in [-0.1, -0.05) is 309 Å². The number of allylic oxidation sites excluding steroid dienone is 20. The molecule has 0 radical (unpaired) electrons. The Hall–Kier alpha value is -4.19. The molecule has 1 unspecified atom stereocenters. The first kappa shape index (κ1) is 77.8. The minimum Gasteiger partial charge on any atom is -0.462 e. The van der Waals surface area contributed by atoms with Gasteiger partial charge in [-0.15, -0.1) is 0 Å². The highest BCUT2D eigenvalue weighted by Crippen LogP contribution is 2.17. The zero-order valence-electron chi connectivity index (χ0n) is 53.7. The van der Waals surface area contributed by atoms with E-state index < -0.39 is 6.10 Å². The largest absolute Gasteiger partial charge is 0.462 e. The van der Waals surface area contributed by atoms with Gasteiger partial charge in [-0.2, -0.15) is 0 Å². The fourth-order valence-corrected chi connectivity index (χ4v) is 9.55. The van der Waals surface area contributed by atoms with Crippen LogP contribution >= 0.6 is 0 Å². The van der Waals surface area contributed by atoms with Crippen LogP contribution in [0.4, 0.5) is 0 Å². The summed E-state index contributed by atoms with van der Waals surface area (Å²) in [6.07, 6.45) is 96.4. The van der Waals surface area contributed by atoms with Gasteiger partial charge in [0, 0.05) is 19.3 Å². The van der Waals surface area contributed by atoms with Crippen molar-refractivity contribution in [3.05, 3.63) is 122 Å². The highest BCUT2D eigenvalue weighted by atomic mass is 16.6. The zero-order valence-corrected chi connectivity index (χ0v) is 53.7. The van der Waals surface area contributed by atoms with E-state index in [1.807, 2.05) is 0 Å². The molecule has 0 aromatic heterocycles. The maximum absolute atomic E-state index is 12.9. The van der Waals surface area contributed by atoms with Crippen molar-refractivity contribution in [2.45, 2.75) is 329 Å². The molecule has 0 amide bonds. The summed E-state index contributed by atoms with van der Waals surface area (Å²) in [6, 6.07) is 0. The molecule has 0 N–H and O–H groups in total. The summed E-state index contributed by atoms with van der Waals surface area (Å²) >= 11 is 0. The lowest BCUT2D eigenvalue weighted by molar-refractivity contribution is -0.167. The van der Waals surface area contributed by atoms with Crippen LogP contribution in [0.15, 0.2) is 122 Å². The van der Waals surface area contributed by atoms with Gasteiger partial charge in [0.1, 0.15) is 13.2 Å². The molecule has 0 rings (SSSR count). The molecule has 468 valence electrons. The number of carbonyl (C=O) groups excluding carboxylic acids is 3. The van der Waals surface area contributed by atoms with E-state index in [1.54, 1.807) is 0 Å². The van der Waals surface area contributed by atoms with Gasteiger partial charge in [-0.25, -0.2) is 0 Å². The number of rotatable bonds is 62. The Morgan fingerprint density at radius 1 is 0.256 bits per heavy atom. The Labute approximate surface area is 507 Å². The molecule has 1 atom stereocenters. The summed E-state index contributed by atoms with van der Waals surface area (Å²) in [5.41, 5.74) is 0. The van der Waals surface area contributed by atoms with Gasteiger partial charge in [0.15, 0.2) is 6.10 Å². The zero-order chi connectivity index (χ0) is 59.2. The number of ether oxygens (including phenoxy) is 3. The molecule has 0 aromatic carbocycles. The number of unbranched alkanes of at least 4 members (excludes halogenated alkanes) is 31. The first-order chi connectivity index (χ1) is 40.5. The third kappa shape index (κ3) is 66.6.